The summed E-state index contributed by atoms with van der Waals surface area (Å²) >= 11 is 11.8. The molecule has 0 unspecified atom stereocenters. The number of benzene rings is 1. The predicted molar refractivity (Wildman–Crippen MR) is 78.4 cm³/mol. The van der Waals surface area contributed by atoms with Crippen LogP contribution in [0.3, 0.4) is 0 Å². The maximum absolute atomic E-state index is 12.5. The largest absolute Gasteiger partial charge is 0.350 e. The van der Waals surface area contributed by atoms with Gasteiger partial charge in [-0.3, -0.25) is 4.79 Å². The summed E-state index contributed by atoms with van der Waals surface area (Å²) in [5.41, 5.74) is 1.72. The molecule has 0 aliphatic carbocycles. The molecule has 0 spiro atoms. The molecular formula is C14H9Cl2N3O. The van der Waals surface area contributed by atoms with Crippen LogP contribution in [0.4, 0.5) is 0 Å². The summed E-state index contributed by atoms with van der Waals surface area (Å²) < 4.78 is 1.86. The summed E-state index contributed by atoms with van der Waals surface area (Å²) in [6, 6.07) is 6.86. The Kier molecular flexibility index (Phi) is 3.20. The summed E-state index contributed by atoms with van der Waals surface area (Å²) in [7, 11) is 1.86. The highest BCUT2D eigenvalue weighted by atomic mass is 35.5. The van der Waals surface area contributed by atoms with Crippen LogP contribution in [-0.2, 0) is 7.05 Å². The number of nitrogens with zero attached hydrogens (tertiary/aromatic N) is 3. The Labute approximate surface area is 125 Å². The zero-order valence-corrected chi connectivity index (χ0v) is 12.0. The van der Waals surface area contributed by atoms with Crippen LogP contribution < -0.4 is 0 Å². The van der Waals surface area contributed by atoms with Crippen LogP contribution in [0.5, 0.6) is 0 Å². The summed E-state index contributed by atoms with van der Waals surface area (Å²) in [4.78, 5) is 20.3. The SMILES string of the molecule is Cn1cc(C(=O)c2cc(Cl)ncn2)c2ccc(Cl)cc21. The molecule has 0 N–H and O–H groups in total. The Morgan fingerprint density at radius 3 is 2.75 bits per heavy atom. The zero-order chi connectivity index (χ0) is 14.3. The maximum atomic E-state index is 12.5. The molecule has 3 rings (SSSR count). The first kappa shape index (κ1) is 13.1. The minimum atomic E-state index is -0.192. The van der Waals surface area contributed by atoms with Gasteiger partial charge in [-0.25, -0.2) is 9.97 Å². The smallest absolute Gasteiger partial charge is 0.213 e. The molecule has 0 saturated heterocycles. The van der Waals surface area contributed by atoms with E-state index in [0.717, 1.165) is 10.9 Å². The van der Waals surface area contributed by atoms with E-state index in [1.165, 1.54) is 12.4 Å². The highest BCUT2D eigenvalue weighted by molar-refractivity contribution is 6.31. The molecule has 0 saturated carbocycles. The van der Waals surface area contributed by atoms with Crippen molar-refractivity contribution in [3.63, 3.8) is 0 Å². The number of rotatable bonds is 2. The quantitative estimate of drug-likeness (QED) is 0.538. The van der Waals surface area contributed by atoms with Crippen molar-refractivity contribution in [1.82, 2.24) is 14.5 Å². The van der Waals surface area contributed by atoms with Gasteiger partial charge in [0, 0.05) is 40.8 Å². The molecule has 0 aliphatic rings. The number of ketones is 1. The second-order valence-corrected chi connectivity index (χ2v) is 5.19. The van der Waals surface area contributed by atoms with Gasteiger partial charge < -0.3 is 4.57 Å². The molecule has 0 aliphatic heterocycles. The lowest BCUT2D eigenvalue weighted by molar-refractivity contribution is 0.103. The third-order valence-electron chi connectivity index (χ3n) is 3.06. The lowest BCUT2D eigenvalue weighted by atomic mass is 10.1. The summed E-state index contributed by atoms with van der Waals surface area (Å²) in [5, 5.41) is 1.70. The van der Waals surface area contributed by atoms with E-state index in [1.54, 1.807) is 12.3 Å². The summed E-state index contributed by atoms with van der Waals surface area (Å²) in [6.45, 7) is 0. The van der Waals surface area contributed by atoms with Crippen LogP contribution in [0.2, 0.25) is 10.2 Å². The first-order valence-corrected chi connectivity index (χ1v) is 6.58. The van der Waals surface area contributed by atoms with Crippen LogP contribution in [0.25, 0.3) is 10.9 Å². The van der Waals surface area contributed by atoms with Crippen molar-refractivity contribution < 1.29 is 4.79 Å². The number of carbonyl (C=O) groups is 1. The number of hydrogen-bond acceptors (Lipinski definition) is 3. The monoisotopic (exact) mass is 305 g/mol. The maximum Gasteiger partial charge on any atom is 0.213 e. The number of hydrogen-bond donors (Lipinski definition) is 0. The van der Waals surface area contributed by atoms with Crippen molar-refractivity contribution in [1.29, 1.82) is 0 Å². The predicted octanol–water partition coefficient (Wildman–Crippen LogP) is 3.51. The third kappa shape index (κ3) is 2.17. The van der Waals surface area contributed by atoms with Gasteiger partial charge in [-0.2, -0.15) is 0 Å². The molecule has 2 heterocycles. The van der Waals surface area contributed by atoms with Crippen LogP contribution in [0.15, 0.2) is 36.8 Å². The van der Waals surface area contributed by atoms with Gasteiger partial charge in [-0.05, 0) is 12.1 Å². The molecule has 2 aromatic heterocycles. The van der Waals surface area contributed by atoms with E-state index in [-0.39, 0.29) is 16.6 Å². The van der Waals surface area contributed by atoms with Gasteiger partial charge in [-0.15, -0.1) is 0 Å². The first-order chi connectivity index (χ1) is 9.56. The number of fused-ring (bicyclic) bond motifs is 1. The van der Waals surface area contributed by atoms with E-state index in [0.29, 0.717) is 10.6 Å². The van der Waals surface area contributed by atoms with Gasteiger partial charge in [0.2, 0.25) is 5.78 Å². The van der Waals surface area contributed by atoms with E-state index < -0.39 is 0 Å². The Balaban J connectivity index is 2.17. The summed E-state index contributed by atoms with van der Waals surface area (Å²) in [6.07, 6.45) is 3.04. The van der Waals surface area contributed by atoms with Crippen LogP contribution >= 0.6 is 23.2 Å². The van der Waals surface area contributed by atoms with Gasteiger partial charge >= 0.3 is 0 Å². The molecule has 0 radical (unpaired) electrons. The van der Waals surface area contributed by atoms with Gasteiger partial charge in [-0.1, -0.05) is 29.3 Å². The fraction of sp³-hybridized carbons (Fsp3) is 0.0714. The Morgan fingerprint density at radius 2 is 2.00 bits per heavy atom. The first-order valence-electron chi connectivity index (χ1n) is 5.83. The lowest BCUT2D eigenvalue weighted by Crippen LogP contribution is -2.03. The Hall–Kier alpha value is -1.91. The molecular weight excluding hydrogens is 297 g/mol. The second kappa shape index (κ2) is 4.89. The van der Waals surface area contributed by atoms with Crippen molar-refractivity contribution in [2.24, 2.45) is 7.05 Å². The van der Waals surface area contributed by atoms with Crippen molar-refractivity contribution >= 4 is 39.9 Å². The molecule has 0 amide bonds. The number of carbonyl (C=O) groups excluding carboxylic acids is 1. The highest BCUT2D eigenvalue weighted by Crippen LogP contribution is 2.25. The van der Waals surface area contributed by atoms with Gasteiger partial charge in [0.15, 0.2) is 0 Å². The normalized spacial score (nSPS) is 10.9. The minimum Gasteiger partial charge on any atom is -0.350 e. The molecule has 1 aromatic carbocycles. The van der Waals surface area contributed by atoms with E-state index in [1.807, 2.05) is 23.7 Å². The van der Waals surface area contributed by atoms with Crippen molar-refractivity contribution in [3.05, 3.63) is 58.2 Å². The van der Waals surface area contributed by atoms with Crippen LogP contribution in [0, 0.1) is 0 Å². The van der Waals surface area contributed by atoms with Gasteiger partial charge in [0.05, 0.1) is 0 Å². The average molecular weight is 306 g/mol. The van der Waals surface area contributed by atoms with E-state index in [9.17, 15) is 4.79 Å². The van der Waals surface area contributed by atoms with Gasteiger partial charge in [0.25, 0.3) is 0 Å². The molecule has 6 heteroatoms. The van der Waals surface area contributed by atoms with Crippen LogP contribution in [-0.4, -0.2) is 20.3 Å². The molecule has 4 nitrogen and oxygen atoms in total. The molecule has 20 heavy (non-hydrogen) atoms. The third-order valence-corrected chi connectivity index (χ3v) is 3.51. The van der Waals surface area contributed by atoms with E-state index in [2.05, 4.69) is 9.97 Å². The lowest BCUT2D eigenvalue weighted by Gasteiger charge is -1.99. The average Bonchev–Trinajstić information content (AvgIpc) is 2.75. The number of aryl methyl sites for hydroxylation is 1. The Morgan fingerprint density at radius 1 is 1.20 bits per heavy atom. The van der Waals surface area contributed by atoms with E-state index in [4.69, 9.17) is 23.2 Å². The second-order valence-electron chi connectivity index (χ2n) is 4.37. The topological polar surface area (TPSA) is 47.8 Å². The molecule has 3 aromatic rings. The number of halogens is 2. The minimum absolute atomic E-state index is 0.192. The van der Waals surface area contributed by atoms with Crippen molar-refractivity contribution in [3.8, 4) is 0 Å². The van der Waals surface area contributed by atoms with Crippen molar-refractivity contribution in [2.75, 3.05) is 0 Å². The van der Waals surface area contributed by atoms with E-state index >= 15 is 0 Å². The number of aromatic nitrogens is 3. The van der Waals surface area contributed by atoms with Crippen LogP contribution in [0.1, 0.15) is 16.1 Å². The highest BCUT2D eigenvalue weighted by Gasteiger charge is 2.17. The standard InChI is InChI=1S/C14H9Cl2N3O/c1-19-6-10(9-3-2-8(15)4-12(9)19)14(20)11-5-13(16)18-7-17-11/h2-7H,1H3. The fourth-order valence-electron chi connectivity index (χ4n) is 2.13. The molecule has 0 atom stereocenters. The van der Waals surface area contributed by atoms with Crippen molar-refractivity contribution in [2.45, 2.75) is 0 Å². The summed E-state index contributed by atoms with van der Waals surface area (Å²) in [5.74, 6) is -0.192. The molecule has 0 bridgehead atoms. The zero-order valence-electron chi connectivity index (χ0n) is 10.5. The van der Waals surface area contributed by atoms with Gasteiger partial charge in [0.1, 0.15) is 17.2 Å². The molecule has 0 fully saturated rings. The fourth-order valence-corrected chi connectivity index (χ4v) is 2.45. The molecule has 100 valence electrons. The Bertz CT molecular complexity index is 826.